The zero-order valence-corrected chi connectivity index (χ0v) is 11.9. The van der Waals surface area contributed by atoms with Crippen molar-refractivity contribution in [2.24, 2.45) is 0 Å². The lowest BCUT2D eigenvalue weighted by Crippen LogP contribution is -2.25. The summed E-state index contributed by atoms with van der Waals surface area (Å²) in [6.07, 6.45) is 3.33. The van der Waals surface area contributed by atoms with Crippen LogP contribution >= 0.6 is 0 Å². The first-order valence-corrected chi connectivity index (χ1v) is 6.86. The van der Waals surface area contributed by atoms with Crippen molar-refractivity contribution in [1.82, 2.24) is 20.1 Å². The third-order valence-corrected chi connectivity index (χ3v) is 3.29. The minimum atomic E-state index is 0.271. The monoisotopic (exact) mass is 258 g/mol. The van der Waals surface area contributed by atoms with Gasteiger partial charge in [-0.2, -0.15) is 5.10 Å². The molecule has 4 nitrogen and oxygen atoms in total. The van der Waals surface area contributed by atoms with E-state index in [-0.39, 0.29) is 6.04 Å². The molecule has 0 fully saturated rings. The number of likely N-dealkylation sites (N-methyl/N-ethyl adjacent to an activating group) is 1. The van der Waals surface area contributed by atoms with Crippen LogP contribution in [0, 0.1) is 0 Å². The molecule has 1 atom stereocenters. The van der Waals surface area contributed by atoms with Crippen molar-refractivity contribution >= 4 is 0 Å². The van der Waals surface area contributed by atoms with E-state index >= 15 is 0 Å². The van der Waals surface area contributed by atoms with Gasteiger partial charge < -0.3 is 5.32 Å². The standard InChI is InChI=1S/C15H22N4/c1-4-17-15(9-19-11-16-10-18-19)14-7-5-13(6-8-14)12(2)3/h5-8,10-12,15,17H,4,9H2,1-3H3. The van der Waals surface area contributed by atoms with Crippen molar-refractivity contribution in [2.45, 2.75) is 39.3 Å². The van der Waals surface area contributed by atoms with Crippen LogP contribution in [0.1, 0.15) is 43.9 Å². The quantitative estimate of drug-likeness (QED) is 0.866. The molecule has 0 saturated heterocycles. The average Bonchev–Trinajstić information content (AvgIpc) is 2.91. The van der Waals surface area contributed by atoms with Gasteiger partial charge in [0.1, 0.15) is 12.7 Å². The summed E-state index contributed by atoms with van der Waals surface area (Å²) in [6, 6.07) is 9.11. The molecule has 1 aromatic heterocycles. The van der Waals surface area contributed by atoms with Gasteiger partial charge in [0.15, 0.2) is 0 Å². The van der Waals surface area contributed by atoms with Crippen LogP contribution in [-0.2, 0) is 6.54 Å². The summed E-state index contributed by atoms with van der Waals surface area (Å²) in [7, 11) is 0. The maximum atomic E-state index is 4.18. The highest BCUT2D eigenvalue weighted by atomic mass is 15.3. The van der Waals surface area contributed by atoms with E-state index in [2.05, 4.69) is 60.4 Å². The van der Waals surface area contributed by atoms with E-state index in [1.54, 1.807) is 12.7 Å². The zero-order valence-electron chi connectivity index (χ0n) is 11.9. The summed E-state index contributed by atoms with van der Waals surface area (Å²) in [5.41, 5.74) is 2.67. The maximum Gasteiger partial charge on any atom is 0.137 e. The van der Waals surface area contributed by atoms with Crippen LogP contribution in [0.5, 0.6) is 0 Å². The number of nitrogens with zero attached hydrogens (tertiary/aromatic N) is 3. The predicted octanol–water partition coefficient (Wildman–Crippen LogP) is 2.75. The molecular formula is C15H22N4. The first-order chi connectivity index (χ1) is 9.20. The Labute approximate surface area is 114 Å². The smallest absolute Gasteiger partial charge is 0.137 e. The van der Waals surface area contributed by atoms with E-state index in [1.807, 2.05) is 4.68 Å². The Morgan fingerprint density at radius 2 is 1.84 bits per heavy atom. The molecule has 19 heavy (non-hydrogen) atoms. The lowest BCUT2D eigenvalue weighted by molar-refractivity contribution is 0.447. The van der Waals surface area contributed by atoms with Crippen molar-refractivity contribution in [3.05, 3.63) is 48.0 Å². The predicted molar refractivity (Wildman–Crippen MR) is 77.0 cm³/mol. The molecule has 4 heteroatoms. The van der Waals surface area contributed by atoms with Gasteiger partial charge in [-0.1, -0.05) is 45.0 Å². The summed E-state index contributed by atoms with van der Waals surface area (Å²) in [6.45, 7) is 8.29. The van der Waals surface area contributed by atoms with Gasteiger partial charge in [-0.15, -0.1) is 0 Å². The minimum Gasteiger partial charge on any atom is -0.309 e. The van der Waals surface area contributed by atoms with Crippen LogP contribution < -0.4 is 5.32 Å². The summed E-state index contributed by atoms with van der Waals surface area (Å²) < 4.78 is 1.86. The molecule has 102 valence electrons. The minimum absolute atomic E-state index is 0.271. The third-order valence-electron chi connectivity index (χ3n) is 3.29. The van der Waals surface area contributed by atoms with Crippen molar-refractivity contribution in [2.75, 3.05) is 6.54 Å². The highest BCUT2D eigenvalue weighted by Crippen LogP contribution is 2.19. The molecule has 0 aliphatic carbocycles. The number of aromatic nitrogens is 3. The van der Waals surface area contributed by atoms with Crippen molar-refractivity contribution in [3.63, 3.8) is 0 Å². The molecule has 0 bridgehead atoms. The molecule has 1 aromatic carbocycles. The fourth-order valence-corrected chi connectivity index (χ4v) is 2.16. The van der Waals surface area contributed by atoms with Crippen LogP contribution in [0.15, 0.2) is 36.9 Å². The topological polar surface area (TPSA) is 42.7 Å². The molecule has 1 N–H and O–H groups in total. The number of nitrogens with one attached hydrogen (secondary N) is 1. The maximum absolute atomic E-state index is 4.18. The zero-order chi connectivity index (χ0) is 13.7. The first-order valence-electron chi connectivity index (χ1n) is 6.86. The molecule has 0 amide bonds. The molecular weight excluding hydrogens is 236 g/mol. The van der Waals surface area contributed by atoms with Crippen molar-refractivity contribution in [3.8, 4) is 0 Å². The molecule has 0 aliphatic rings. The highest BCUT2D eigenvalue weighted by molar-refractivity contribution is 5.26. The van der Waals surface area contributed by atoms with E-state index in [1.165, 1.54) is 11.1 Å². The molecule has 0 saturated carbocycles. The Morgan fingerprint density at radius 3 is 2.37 bits per heavy atom. The van der Waals surface area contributed by atoms with E-state index < -0.39 is 0 Å². The average molecular weight is 258 g/mol. The van der Waals surface area contributed by atoms with Crippen LogP contribution in [-0.4, -0.2) is 21.3 Å². The summed E-state index contributed by atoms with van der Waals surface area (Å²) >= 11 is 0. The molecule has 0 aliphatic heterocycles. The number of hydrogen-bond acceptors (Lipinski definition) is 3. The van der Waals surface area contributed by atoms with Crippen LogP contribution in [0.2, 0.25) is 0 Å². The molecule has 0 spiro atoms. The Kier molecular flexibility index (Phi) is 4.68. The fraction of sp³-hybridized carbons (Fsp3) is 0.467. The normalized spacial score (nSPS) is 12.8. The van der Waals surface area contributed by atoms with Gasteiger partial charge in [0.05, 0.1) is 12.6 Å². The lowest BCUT2D eigenvalue weighted by atomic mass is 9.99. The molecule has 0 radical (unpaired) electrons. The Balaban J connectivity index is 2.13. The van der Waals surface area contributed by atoms with Gasteiger partial charge in [-0.05, 0) is 23.6 Å². The number of hydrogen-bond donors (Lipinski definition) is 1. The Morgan fingerprint density at radius 1 is 1.16 bits per heavy atom. The van der Waals surface area contributed by atoms with Gasteiger partial charge in [-0.3, -0.25) is 4.68 Å². The molecule has 1 heterocycles. The van der Waals surface area contributed by atoms with Gasteiger partial charge >= 0.3 is 0 Å². The largest absolute Gasteiger partial charge is 0.309 e. The van der Waals surface area contributed by atoms with Crippen molar-refractivity contribution < 1.29 is 0 Å². The van der Waals surface area contributed by atoms with E-state index in [4.69, 9.17) is 0 Å². The van der Waals surface area contributed by atoms with Crippen LogP contribution in [0.25, 0.3) is 0 Å². The summed E-state index contributed by atoms with van der Waals surface area (Å²) in [5, 5.41) is 7.67. The lowest BCUT2D eigenvalue weighted by Gasteiger charge is -2.19. The van der Waals surface area contributed by atoms with E-state index in [0.717, 1.165) is 13.1 Å². The number of rotatable bonds is 6. The first kappa shape index (κ1) is 13.7. The van der Waals surface area contributed by atoms with E-state index in [0.29, 0.717) is 5.92 Å². The SMILES string of the molecule is CCNC(Cn1cncn1)c1ccc(C(C)C)cc1. The summed E-state index contributed by atoms with van der Waals surface area (Å²) in [4.78, 5) is 3.99. The number of benzene rings is 1. The second-order valence-corrected chi connectivity index (χ2v) is 5.05. The second-order valence-electron chi connectivity index (χ2n) is 5.05. The van der Waals surface area contributed by atoms with E-state index in [9.17, 15) is 0 Å². The van der Waals surface area contributed by atoms with Gasteiger partial charge in [0.2, 0.25) is 0 Å². The van der Waals surface area contributed by atoms with Gasteiger partial charge in [-0.25, -0.2) is 4.98 Å². The highest BCUT2D eigenvalue weighted by Gasteiger charge is 2.11. The van der Waals surface area contributed by atoms with Gasteiger partial charge in [0.25, 0.3) is 0 Å². The second kappa shape index (κ2) is 6.48. The molecule has 2 aromatic rings. The van der Waals surface area contributed by atoms with Crippen molar-refractivity contribution in [1.29, 1.82) is 0 Å². The molecule has 2 rings (SSSR count). The van der Waals surface area contributed by atoms with Crippen LogP contribution in [0.3, 0.4) is 0 Å². The molecule has 1 unspecified atom stereocenters. The Bertz CT molecular complexity index is 473. The fourth-order valence-electron chi connectivity index (χ4n) is 2.16. The third kappa shape index (κ3) is 3.64. The van der Waals surface area contributed by atoms with Crippen LogP contribution in [0.4, 0.5) is 0 Å². The summed E-state index contributed by atoms with van der Waals surface area (Å²) in [5.74, 6) is 0.571. The Hall–Kier alpha value is -1.68. The van der Waals surface area contributed by atoms with Gasteiger partial charge in [0, 0.05) is 0 Å².